The van der Waals surface area contributed by atoms with Gasteiger partial charge < -0.3 is 9.88 Å². The summed E-state index contributed by atoms with van der Waals surface area (Å²) < 4.78 is 1.90. The van der Waals surface area contributed by atoms with Gasteiger partial charge in [-0.3, -0.25) is 9.59 Å². The molecule has 1 N–H and O–H groups in total. The van der Waals surface area contributed by atoms with Crippen LogP contribution in [0.3, 0.4) is 0 Å². The molecule has 1 amide bonds. The third kappa shape index (κ3) is 6.07. The summed E-state index contributed by atoms with van der Waals surface area (Å²) in [5.74, 6) is 0.389. The molecule has 0 aliphatic rings. The number of carbonyl (C=O) groups excluding carboxylic acids is 1. The number of hydrogen-bond donors (Lipinski definition) is 1. The monoisotopic (exact) mass is 421 g/mol. The van der Waals surface area contributed by atoms with Crippen molar-refractivity contribution in [2.45, 2.75) is 37.4 Å². The number of nitrogens with zero attached hydrogens (tertiary/aromatic N) is 2. The van der Waals surface area contributed by atoms with Crippen LogP contribution >= 0.6 is 11.8 Å². The molecular formula is C24H27N3O2S. The number of benzene rings is 2. The minimum atomic E-state index is -0.289. The summed E-state index contributed by atoms with van der Waals surface area (Å²) in [6, 6.07) is 22.3. The number of aromatic nitrogens is 2. The molecule has 0 unspecified atom stereocenters. The number of nitrogens with one attached hydrogen (secondary N) is 1. The molecule has 2 aromatic carbocycles. The maximum Gasteiger partial charge on any atom is 0.273 e. The SMILES string of the molecule is CC(C)n1ccc(=O)nc1SCC(=O)NCCC(c1ccccc1)c1ccccc1. The highest BCUT2D eigenvalue weighted by molar-refractivity contribution is 7.99. The lowest BCUT2D eigenvalue weighted by Crippen LogP contribution is -2.28. The molecule has 0 bridgehead atoms. The maximum atomic E-state index is 12.4. The molecule has 0 radical (unpaired) electrons. The summed E-state index contributed by atoms with van der Waals surface area (Å²) in [6.07, 6.45) is 2.54. The predicted molar refractivity (Wildman–Crippen MR) is 122 cm³/mol. The smallest absolute Gasteiger partial charge is 0.273 e. The Labute approximate surface area is 181 Å². The molecule has 0 saturated heterocycles. The average molecular weight is 422 g/mol. The van der Waals surface area contributed by atoms with Crippen LogP contribution in [0.2, 0.25) is 0 Å². The Hall–Kier alpha value is -2.86. The van der Waals surface area contributed by atoms with E-state index in [0.717, 1.165) is 6.42 Å². The fourth-order valence-electron chi connectivity index (χ4n) is 3.33. The molecule has 0 saturated carbocycles. The van der Waals surface area contributed by atoms with Crippen LogP contribution in [0.1, 0.15) is 43.4 Å². The van der Waals surface area contributed by atoms with Gasteiger partial charge in [-0.1, -0.05) is 72.4 Å². The van der Waals surface area contributed by atoms with E-state index in [-0.39, 0.29) is 29.2 Å². The van der Waals surface area contributed by atoms with Gasteiger partial charge >= 0.3 is 0 Å². The van der Waals surface area contributed by atoms with Crippen molar-refractivity contribution in [1.29, 1.82) is 0 Å². The van der Waals surface area contributed by atoms with E-state index in [1.54, 1.807) is 6.20 Å². The Bertz CT molecular complexity index is 964. The van der Waals surface area contributed by atoms with E-state index in [1.807, 2.05) is 54.8 Å². The second-order valence-corrected chi connectivity index (χ2v) is 8.29. The number of amides is 1. The van der Waals surface area contributed by atoms with Gasteiger partial charge in [0.15, 0.2) is 5.16 Å². The van der Waals surface area contributed by atoms with E-state index in [1.165, 1.54) is 29.0 Å². The number of carbonyl (C=O) groups is 1. The lowest BCUT2D eigenvalue weighted by molar-refractivity contribution is -0.118. The van der Waals surface area contributed by atoms with Crippen molar-refractivity contribution in [1.82, 2.24) is 14.9 Å². The molecule has 30 heavy (non-hydrogen) atoms. The first-order valence-electron chi connectivity index (χ1n) is 10.1. The van der Waals surface area contributed by atoms with E-state index in [0.29, 0.717) is 11.7 Å². The van der Waals surface area contributed by atoms with E-state index in [4.69, 9.17) is 0 Å². The van der Waals surface area contributed by atoms with Crippen LogP contribution in [-0.4, -0.2) is 27.8 Å². The average Bonchev–Trinajstić information content (AvgIpc) is 2.76. The van der Waals surface area contributed by atoms with Gasteiger partial charge in [-0.25, -0.2) is 0 Å². The van der Waals surface area contributed by atoms with E-state index in [9.17, 15) is 9.59 Å². The molecule has 3 rings (SSSR count). The molecule has 5 nitrogen and oxygen atoms in total. The zero-order valence-electron chi connectivity index (χ0n) is 17.3. The molecule has 0 fully saturated rings. The Kier molecular flexibility index (Phi) is 7.85. The highest BCUT2D eigenvalue weighted by Gasteiger charge is 2.15. The van der Waals surface area contributed by atoms with Crippen LogP contribution in [0.4, 0.5) is 0 Å². The van der Waals surface area contributed by atoms with Crippen molar-refractivity contribution >= 4 is 17.7 Å². The largest absolute Gasteiger partial charge is 0.355 e. The lowest BCUT2D eigenvalue weighted by atomic mass is 9.88. The number of thioether (sulfide) groups is 1. The number of hydrogen-bond acceptors (Lipinski definition) is 4. The molecular weight excluding hydrogens is 394 g/mol. The quantitative estimate of drug-likeness (QED) is 0.414. The fourth-order valence-corrected chi connectivity index (χ4v) is 4.27. The summed E-state index contributed by atoms with van der Waals surface area (Å²) >= 11 is 1.29. The topological polar surface area (TPSA) is 64.0 Å². The van der Waals surface area contributed by atoms with Gasteiger partial charge in [0.2, 0.25) is 5.91 Å². The maximum absolute atomic E-state index is 12.4. The van der Waals surface area contributed by atoms with Crippen LogP contribution in [0.15, 0.2) is 82.9 Å². The molecule has 0 spiro atoms. The van der Waals surface area contributed by atoms with Gasteiger partial charge in [0.05, 0.1) is 5.75 Å². The molecule has 3 aromatic rings. The second-order valence-electron chi connectivity index (χ2n) is 7.35. The van der Waals surface area contributed by atoms with E-state index >= 15 is 0 Å². The van der Waals surface area contributed by atoms with Crippen LogP contribution in [0.5, 0.6) is 0 Å². The summed E-state index contributed by atoms with van der Waals surface area (Å²) in [5, 5.41) is 3.58. The van der Waals surface area contributed by atoms with Crippen LogP contribution in [0.25, 0.3) is 0 Å². The summed E-state index contributed by atoms with van der Waals surface area (Å²) in [7, 11) is 0. The normalized spacial score (nSPS) is 11.1. The Morgan fingerprint density at radius 2 is 1.60 bits per heavy atom. The van der Waals surface area contributed by atoms with Gasteiger partial charge in [-0.05, 0) is 31.4 Å². The zero-order valence-corrected chi connectivity index (χ0v) is 18.1. The van der Waals surface area contributed by atoms with Crippen molar-refractivity contribution in [2.24, 2.45) is 0 Å². The standard InChI is InChI=1S/C24H27N3O2S/c1-18(2)27-16-14-22(28)26-24(27)30-17-23(29)25-15-13-21(19-9-5-3-6-10-19)20-11-7-4-8-12-20/h3-12,14,16,18,21H,13,15,17H2,1-2H3,(H,25,29). The third-order valence-electron chi connectivity index (χ3n) is 4.85. The van der Waals surface area contributed by atoms with Crippen molar-refractivity contribution in [3.05, 3.63) is 94.4 Å². The third-order valence-corrected chi connectivity index (χ3v) is 5.82. The predicted octanol–water partition coefficient (Wildman–Crippen LogP) is 4.25. The first-order valence-corrected chi connectivity index (χ1v) is 11.1. The van der Waals surface area contributed by atoms with Gasteiger partial charge in [0.1, 0.15) is 0 Å². The van der Waals surface area contributed by atoms with Gasteiger partial charge in [-0.2, -0.15) is 4.98 Å². The van der Waals surface area contributed by atoms with Crippen LogP contribution in [0, 0.1) is 0 Å². The van der Waals surface area contributed by atoms with E-state index in [2.05, 4.69) is 34.6 Å². The van der Waals surface area contributed by atoms with Gasteiger partial charge in [0.25, 0.3) is 5.56 Å². The minimum absolute atomic E-state index is 0.0618. The minimum Gasteiger partial charge on any atom is -0.355 e. The molecule has 156 valence electrons. The van der Waals surface area contributed by atoms with E-state index < -0.39 is 0 Å². The molecule has 1 aromatic heterocycles. The summed E-state index contributed by atoms with van der Waals surface area (Å²) in [6.45, 7) is 4.61. The van der Waals surface area contributed by atoms with Crippen molar-refractivity contribution in [3.8, 4) is 0 Å². The molecule has 1 heterocycles. The number of rotatable bonds is 9. The Morgan fingerprint density at radius 3 is 2.17 bits per heavy atom. The molecule has 0 aliphatic heterocycles. The zero-order chi connectivity index (χ0) is 21.3. The Morgan fingerprint density at radius 1 is 1.00 bits per heavy atom. The highest BCUT2D eigenvalue weighted by atomic mass is 32.2. The lowest BCUT2D eigenvalue weighted by Gasteiger charge is -2.18. The van der Waals surface area contributed by atoms with Crippen molar-refractivity contribution in [2.75, 3.05) is 12.3 Å². The first-order chi connectivity index (χ1) is 14.5. The summed E-state index contributed by atoms with van der Waals surface area (Å²) in [4.78, 5) is 28.0. The summed E-state index contributed by atoms with van der Waals surface area (Å²) in [5.41, 5.74) is 2.19. The first kappa shape index (κ1) is 21.8. The molecule has 0 atom stereocenters. The van der Waals surface area contributed by atoms with Crippen LogP contribution < -0.4 is 10.9 Å². The van der Waals surface area contributed by atoms with Crippen molar-refractivity contribution in [3.63, 3.8) is 0 Å². The van der Waals surface area contributed by atoms with Crippen molar-refractivity contribution < 1.29 is 4.79 Å². The Balaban J connectivity index is 1.58. The van der Waals surface area contributed by atoms with Gasteiger partial charge in [-0.15, -0.1) is 0 Å². The molecule has 0 aliphatic carbocycles. The second kappa shape index (κ2) is 10.8. The van der Waals surface area contributed by atoms with Crippen LogP contribution in [-0.2, 0) is 4.79 Å². The fraction of sp³-hybridized carbons (Fsp3) is 0.292. The highest BCUT2D eigenvalue weighted by Crippen LogP contribution is 2.27. The van der Waals surface area contributed by atoms with Gasteiger partial charge in [0, 0.05) is 30.8 Å². The molecule has 6 heteroatoms.